The SMILES string of the molecule is COc1ccc(N=C2NN(c3cnc(N4CCOCC4)c(Cl)c3)CO2)cc1. The van der Waals surface area contributed by atoms with E-state index in [0.717, 1.165) is 36.0 Å². The third kappa shape index (κ3) is 4.01. The van der Waals surface area contributed by atoms with E-state index in [0.29, 0.717) is 31.0 Å². The molecule has 27 heavy (non-hydrogen) atoms. The minimum atomic E-state index is 0.309. The molecule has 1 aromatic carbocycles. The summed E-state index contributed by atoms with van der Waals surface area (Å²) >= 11 is 6.45. The van der Waals surface area contributed by atoms with E-state index in [1.54, 1.807) is 18.3 Å². The first-order valence-electron chi connectivity index (χ1n) is 8.61. The van der Waals surface area contributed by atoms with Gasteiger partial charge in [-0.25, -0.2) is 15.4 Å². The molecule has 0 aliphatic carbocycles. The van der Waals surface area contributed by atoms with Gasteiger partial charge in [-0.05, 0) is 30.3 Å². The van der Waals surface area contributed by atoms with Crippen LogP contribution in [0.2, 0.25) is 5.02 Å². The van der Waals surface area contributed by atoms with Gasteiger partial charge in [0, 0.05) is 13.1 Å². The van der Waals surface area contributed by atoms with Gasteiger partial charge in [0.1, 0.15) is 11.6 Å². The van der Waals surface area contributed by atoms with Crippen LogP contribution in [0.25, 0.3) is 0 Å². The van der Waals surface area contributed by atoms with Crippen LogP contribution < -0.4 is 20.1 Å². The maximum atomic E-state index is 6.45. The van der Waals surface area contributed by atoms with Crippen LogP contribution in [0, 0.1) is 0 Å². The van der Waals surface area contributed by atoms with Gasteiger partial charge in [0.15, 0.2) is 6.73 Å². The van der Waals surface area contributed by atoms with Crippen molar-refractivity contribution in [3.63, 3.8) is 0 Å². The summed E-state index contributed by atoms with van der Waals surface area (Å²) in [6, 6.07) is 9.69. The van der Waals surface area contributed by atoms with Crippen LogP contribution >= 0.6 is 11.6 Å². The van der Waals surface area contributed by atoms with Crippen LogP contribution in [-0.2, 0) is 9.47 Å². The Balaban J connectivity index is 1.45. The van der Waals surface area contributed by atoms with E-state index >= 15 is 0 Å². The third-order valence-electron chi connectivity index (χ3n) is 4.29. The second-order valence-electron chi connectivity index (χ2n) is 6.03. The first-order chi connectivity index (χ1) is 13.2. The molecule has 0 atom stereocenters. The zero-order valence-electron chi connectivity index (χ0n) is 14.9. The molecule has 2 aliphatic rings. The number of morpholine rings is 1. The van der Waals surface area contributed by atoms with E-state index < -0.39 is 0 Å². The second-order valence-corrected chi connectivity index (χ2v) is 6.43. The molecule has 0 unspecified atom stereocenters. The highest BCUT2D eigenvalue weighted by molar-refractivity contribution is 6.33. The van der Waals surface area contributed by atoms with Gasteiger partial charge in [0.2, 0.25) is 0 Å². The van der Waals surface area contributed by atoms with Crippen molar-refractivity contribution in [2.75, 3.05) is 50.1 Å². The Kier molecular flexibility index (Phi) is 5.17. The number of ether oxygens (including phenoxy) is 3. The molecule has 2 aliphatic heterocycles. The van der Waals surface area contributed by atoms with E-state index in [1.807, 2.05) is 30.3 Å². The van der Waals surface area contributed by atoms with Gasteiger partial charge < -0.3 is 19.1 Å². The largest absolute Gasteiger partial charge is 0.497 e. The zero-order valence-corrected chi connectivity index (χ0v) is 15.6. The summed E-state index contributed by atoms with van der Waals surface area (Å²) in [6.07, 6.45) is 1.77. The molecular weight excluding hydrogens is 370 g/mol. The Morgan fingerprint density at radius 1 is 1.22 bits per heavy atom. The third-order valence-corrected chi connectivity index (χ3v) is 4.57. The molecular formula is C18H20ClN5O3. The fourth-order valence-corrected chi connectivity index (χ4v) is 3.13. The van der Waals surface area contributed by atoms with Crippen LogP contribution in [-0.4, -0.2) is 51.1 Å². The molecule has 2 fully saturated rings. The molecule has 142 valence electrons. The number of hydrogen-bond acceptors (Lipinski definition) is 7. The fourth-order valence-electron chi connectivity index (χ4n) is 2.85. The summed E-state index contributed by atoms with van der Waals surface area (Å²) in [5.41, 5.74) is 4.67. The van der Waals surface area contributed by atoms with E-state index in [4.69, 9.17) is 25.8 Å². The number of pyridine rings is 1. The summed E-state index contributed by atoms with van der Waals surface area (Å²) in [5.74, 6) is 1.55. The molecule has 0 radical (unpaired) electrons. The minimum absolute atomic E-state index is 0.309. The molecule has 1 N–H and O–H groups in total. The van der Waals surface area contributed by atoms with Crippen molar-refractivity contribution in [3.05, 3.63) is 41.6 Å². The van der Waals surface area contributed by atoms with Crippen LogP contribution in [0.3, 0.4) is 0 Å². The van der Waals surface area contributed by atoms with Crippen molar-refractivity contribution in [3.8, 4) is 5.75 Å². The van der Waals surface area contributed by atoms with Crippen molar-refractivity contribution in [1.82, 2.24) is 10.4 Å². The number of nitrogens with zero attached hydrogens (tertiary/aromatic N) is 4. The summed E-state index contributed by atoms with van der Waals surface area (Å²) in [5, 5.41) is 2.39. The summed E-state index contributed by atoms with van der Waals surface area (Å²) in [4.78, 5) is 11.1. The topological polar surface area (TPSA) is 71.5 Å². The lowest BCUT2D eigenvalue weighted by atomic mass is 10.3. The Bertz CT molecular complexity index is 824. The van der Waals surface area contributed by atoms with Gasteiger partial charge in [0.05, 0.1) is 42.9 Å². The number of aromatic nitrogens is 1. The number of benzene rings is 1. The molecule has 1 aromatic heterocycles. The number of hydrogen-bond donors (Lipinski definition) is 1. The predicted octanol–water partition coefficient (Wildman–Crippen LogP) is 2.57. The summed E-state index contributed by atoms with van der Waals surface area (Å²) in [6.45, 7) is 3.26. The Morgan fingerprint density at radius 3 is 2.70 bits per heavy atom. The van der Waals surface area contributed by atoms with Gasteiger partial charge in [-0.2, -0.15) is 4.99 Å². The molecule has 2 saturated heterocycles. The van der Waals surface area contributed by atoms with E-state index in [1.165, 1.54) is 0 Å². The molecule has 8 nitrogen and oxygen atoms in total. The molecule has 0 saturated carbocycles. The van der Waals surface area contributed by atoms with Crippen molar-refractivity contribution < 1.29 is 14.2 Å². The quantitative estimate of drug-likeness (QED) is 0.861. The maximum absolute atomic E-state index is 6.45. The number of amidine groups is 1. The number of aliphatic imine (C=N–C) groups is 1. The van der Waals surface area contributed by atoms with Crippen LogP contribution in [0.15, 0.2) is 41.5 Å². The van der Waals surface area contributed by atoms with E-state index in [2.05, 4.69) is 20.3 Å². The number of rotatable bonds is 4. The highest BCUT2D eigenvalue weighted by atomic mass is 35.5. The molecule has 0 spiro atoms. The summed E-state index contributed by atoms with van der Waals surface area (Å²) in [7, 11) is 1.63. The predicted molar refractivity (Wildman–Crippen MR) is 104 cm³/mol. The van der Waals surface area contributed by atoms with Crippen LogP contribution in [0.1, 0.15) is 0 Å². The fraction of sp³-hybridized carbons (Fsp3) is 0.333. The Labute approximate surface area is 162 Å². The second kappa shape index (κ2) is 7.89. The van der Waals surface area contributed by atoms with Gasteiger partial charge in [0.25, 0.3) is 0 Å². The van der Waals surface area contributed by atoms with Crippen molar-refractivity contribution in [1.29, 1.82) is 0 Å². The highest BCUT2D eigenvalue weighted by Crippen LogP contribution is 2.28. The number of nitrogens with one attached hydrogen (secondary N) is 1. The number of hydrazine groups is 1. The number of methoxy groups -OCH3 is 1. The van der Waals surface area contributed by atoms with Crippen molar-refractivity contribution in [2.24, 2.45) is 4.99 Å². The van der Waals surface area contributed by atoms with Gasteiger partial charge in [-0.3, -0.25) is 0 Å². The maximum Gasteiger partial charge on any atom is 0.311 e. The lowest BCUT2D eigenvalue weighted by molar-refractivity contribution is 0.122. The lowest BCUT2D eigenvalue weighted by Gasteiger charge is -2.28. The standard InChI is InChI=1S/C18H20ClN5O3/c1-25-15-4-2-13(3-5-15)21-18-22-24(12-27-18)14-10-16(19)17(20-11-14)23-6-8-26-9-7-23/h2-5,10-11H,6-9,12H2,1H3,(H,21,22). The minimum Gasteiger partial charge on any atom is -0.497 e. The Hall–Kier alpha value is -2.71. The van der Waals surface area contributed by atoms with E-state index in [9.17, 15) is 0 Å². The van der Waals surface area contributed by atoms with Crippen LogP contribution in [0.4, 0.5) is 17.2 Å². The lowest BCUT2D eigenvalue weighted by Crippen LogP contribution is -2.37. The van der Waals surface area contributed by atoms with Crippen molar-refractivity contribution >= 4 is 34.8 Å². The molecule has 0 bridgehead atoms. The first-order valence-corrected chi connectivity index (χ1v) is 8.99. The molecule has 4 rings (SSSR count). The molecule has 2 aromatic rings. The smallest absolute Gasteiger partial charge is 0.311 e. The highest BCUT2D eigenvalue weighted by Gasteiger charge is 2.22. The molecule has 3 heterocycles. The summed E-state index contributed by atoms with van der Waals surface area (Å²) < 4.78 is 16.1. The average molecular weight is 390 g/mol. The van der Waals surface area contributed by atoms with Gasteiger partial charge in [-0.15, -0.1) is 0 Å². The normalized spacial score (nSPS) is 18.4. The Morgan fingerprint density at radius 2 is 2.00 bits per heavy atom. The van der Waals surface area contributed by atoms with E-state index in [-0.39, 0.29) is 0 Å². The van der Waals surface area contributed by atoms with Gasteiger partial charge in [-0.1, -0.05) is 11.6 Å². The first kappa shape index (κ1) is 17.7. The average Bonchev–Trinajstić information content (AvgIpc) is 3.18. The zero-order chi connectivity index (χ0) is 18.6. The monoisotopic (exact) mass is 389 g/mol. The number of anilines is 2. The van der Waals surface area contributed by atoms with Crippen LogP contribution in [0.5, 0.6) is 5.75 Å². The number of halogens is 1. The molecule has 0 amide bonds. The van der Waals surface area contributed by atoms with Gasteiger partial charge >= 0.3 is 6.02 Å². The molecule has 9 heteroatoms. The van der Waals surface area contributed by atoms with Crippen molar-refractivity contribution in [2.45, 2.75) is 0 Å².